The standard InChI is InChI=1S/C11H7I3N/c12-8-5-6-15(14)11(7-8)9-3-1-2-4-10(9)13/h1-7H/q+1. The molecule has 1 nitrogen and oxygen atoms in total. The van der Waals surface area contributed by atoms with Crippen molar-refractivity contribution in [1.29, 1.82) is 0 Å². The summed E-state index contributed by atoms with van der Waals surface area (Å²) in [5.41, 5.74) is 2.53. The molecule has 0 aliphatic rings. The van der Waals surface area contributed by atoms with Gasteiger partial charge in [-0.15, -0.1) is 2.78 Å². The lowest BCUT2D eigenvalue weighted by Crippen LogP contribution is -2.22. The zero-order valence-corrected chi connectivity index (χ0v) is 14.1. The third-order valence-corrected chi connectivity index (χ3v) is 4.47. The van der Waals surface area contributed by atoms with E-state index in [1.807, 2.05) is 0 Å². The zero-order valence-electron chi connectivity index (χ0n) is 7.62. The molecule has 1 heterocycles. The molecule has 2 aromatic rings. The SMILES string of the molecule is Ic1cc[n+](I)c(-c2ccccc2I)c1. The van der Waals surface area contributed by atoms with Crippen molar-refractivity contribution in [3.8, 4) is 11.3 Å². The summed E-state index contributed by atoms with van der Waals surface area (Å²) in [5, 5.41) is 0. The second kappa shape index (κ2) is 5.26. The molecule has 1 aromatic carbocycles. The quantitative estimate of drug-likeness (QED) is 0.487. The summed E-state index contributed by atoms with van der Waals surface area (Å²) in [4.78, 5) is 0. The van der Waals surface area contributed by atoms with Crippen LogP contribution in [0, 0.1) is 7.14 Å². The maximum Gasteiger partial charge on any atom is 0.354 e. The van der Waals surface area contributed by atoms with Crippen molar-refractivity contribution < 1.29 is 2.78 Å². The van der Waals surface area contributed by atoms with E-state index in [1.54, 1.807) is 0 Å². The average Bonchev–Trinajstić information content (AvgIpc) is 2.23. The lowest BCUT2D eigenvalue weighted by molar-refractivity contribution is -0.427. The number of hydrogen-bond acceptors (Lipinski definition) is 0. The van der Waals surface area contributed by atoms with Gasteiger partial charge in [0.25, 0.3) is 0 Å². The molecule has 0 unspecified atom stereocenters. The number of nitrogens with zero attached hydrogens (tertiary/aromatic N) is 1. The fourth-order valence-electron chi connectivity index (χ4n) is 1.32. The predicted octanol–water partition coefficient (Wildman–Crippen LogP) is 4.05. The van der Waals surface area contributed by atoms with Gasteiger partial charge in [-0.3, -0.25) is 0 Å². The Kier molecular flexibility index (Phi) is 4.22. The second-order valence-corrected chi connectivity index (χ2v) is 6.47. The van der Waals surface area contributed by atoms with Crippen LogP contribution in [0.25, 0.3) is 11.3 Å². The molecular formula is C11H7I3N+. The third kappa shape index (κ3) is 2.82. The Labute approximate surface area is 130 Å². The van der Waals surface area contributed by atoms with Gasteiger partial charge in [-0.2, -0.15) is 0 Å². The number of aromatic nitrogens is 1. The molecule has 0 saturated heterocycles. The van der Waals surface area contributed by atoms with Crippen molar-refractivity contribution in [3.05, 3.63) is 49.7 Å². The van der Waals surface area contributed by atoms with Gasteiger partial charge in [0.2, 0.25) is 5.69 Å². The number of rotatable bonds is 1. The number of pyridine rings is 1. The Bertz CT molecular complexity index is 497. The largest absolute Gasteiger partial charge is 0.354 e. The summed E-state index contributed by atoms with van der Waals surface area (Å²) in [7, 11) is 0. The molecular weight excluding hydrogens is 527 g/mol. The smallest absolute Gasteiger partial charge is 0.136 e. The van der Waals surface area contributed by atoms with Gasteiger partial charge >= 0.3 is 22.9 Å². The molecule has 4 heteroatoms. The average molecular weight is 534 g/mol. The number of hydrogen-bond donors (Lipinski definition) is 0. The monoisotopic (exact) mass is 534 g/mol. The van der Waals surface area contributed by atoms with Crippen LogP contribution in [0.3, 0.4) is 0 Å². The van der Waals surface area contributed by atoms with Crippen LogP contribution in [-0.2, 0) is 0 Å². The molecule has 0 atom stereocenters. The van der Waals surface area contributed by atoms with Gasteiger partial charge in [-0.1, -0.05) is 12.1 Å². The number of halogens is 3. The first-order valence-electron chi connectivity index (χ1n) is 4.31. The van der Waals surface area contributed by atoms with E-state index in [-0.39, 0.29) is 0 Å². The van der Waals surface area contributed by atoms with E-state index in [2.05, 4.69) is 113 Å². The molecule has 0 aliphatic carbocycles. The third-order valence-electron chi connectivity index (χ3n) is 2.02. The molecule has 76 valence electrons. The number of benzene rings is 1. The molecule has 1 aromatic heterocycles. The minimum absolute atomic E-state index is 1.24. The predicted molar refractivity (Wildman–Crippen MR) is 86.9 cm³/mol. The second-order valence-electron chi connectivity index (χ2n) is 3.02. The van der Waals surface area contributed by atoms with Crippen LogP contribution in [0.5, 0.6) is 0 Å². The van der Waals surface area contributed by atoms with E-state index >= 15 is 0 Å². The van der Waals surface area contributed by atoms with Gasteiger partial charge in [-0.05, 0) is 57.3 Å². The first-order valence-corrected chi connectivity index (χ1v) is 7.43. The highest BCUT2D eigenvalue weighted by atomic mass is 127. The summed E-state index contributed by atoms with van der Waals surface area (Å²) < 4.78 is 4.66. The van der Waals surface area contributed by atoms with Crippen molar-refractivity contribution in [2.24, 2.45) is 0 Å². The van der Waals surface area contributed by atoms with Gasteiger partial charge in [-0.25, -0.2) is 0 Å². The fraction of sp³-hybridized carbons (Fsp3) is 0. The van der Waals surface area contributed by atoms with Crippen LogP contribution < -0.4 is 2.78 Å². The van der Waals surface area contributed by atoms with Crippen LogP contribution in [0.1, 0.15) is 0 Å². The van der Waals surface area contributed by atoms with Gasteiger partial charge in [0, 0.05) is 19.3 Å². The molecule has 0 saturated carbocycles. The molecule has 0 radical (unpaired) electrons. The van der Waals surface area contributed by atoms with Crippen molar-refractivity contribution in [3.63, 3.8) is 0 Å². The van der Waals surface area contributed by atoms with Crippen LogP contribution >= 0.6 is 68.0 Å². The molecule has 15 heavy (non-hydrogen) atoms. The van der Waals surface area contributed by atoms with Gasteiger partial charge < -0.3 is 0 Å². The molecule has 0 N–H and O–H groups in total. The Hall–Kier alpha value is 0.560. The van der Waals surface area contributed by atoms with E-state index in [1.165, 1.54) is 18.4 Å². The van der Waals surface area contributed by atoms with Crippen LogP contribution in [0.15, 0.2) is 42.6 Å². The van der Waals surface area contributed by atoms with Crippen molar-refractivity contribution >= 4 is 68.0 Å². The highest BCUT2D eigenvalue weighted by Gasteiger charge is 2.13. The van der Waals surface area contributed by atoms with E-state index in [0.29, 0.717) is 0 Å². The highest BCUT2D eigenvalue weighted by molar-refractivity contribution is 14.1. The van der Waals surface area contributed by atoms with Gasteiger partial charge in [0.05, 0.1) is 5.56 Å². The van der Waals surface area contributed by atoms with E-state index in [9.17, 15) is 0 Å². The molecule has 0 bridgehead atoms. The van der Waals surface area contributed by atoms with Crippen LogP contribution in [0.4, 0.5) is 0 Å². The maximum absolute atomic E-state index is 2.37. The van der Waals surface area contributed by atoms with Gasteiger partial charge in [0.15, 0.2) is 6.20 Å². The fourth-order valence-corrected chi connectivity index (χ4v) is 3.00. The molecule has 0 aliphatic heterocycles. The molecule has 2 rings (SSSR count). The van der Waals surface area contributed by atoms with Gasteiger partial charge in [0.1, 0.15) is 0 Å². The summed E-state index contributed by atoms with van der Waals surface area (Å²) in [5.74, 6) is 0. The normalized spacial score (nSPS) is 10.3. The zero-order chi connectivity index (χ0) is 10.8. The Balaban J connectivity index is 2.64. The Morgan fingerprint density at radius 3 is 2.47 bits per heavy atom. The van der Waals surface area contributed by atoms with Crippen molar-refractivity contribution in [1.82, 2.24) is 0 Å². The first-order chi connectivity index (χ1) is 7.18. The van der Waals surface area contributed by atoms with Crippen LogP contribution in [0.2, 0.25) is 0 Å². The summed E-state index contributed by atoms with van der Waals surface area (Å²) >= 11 is 7.02. The van der Waals surface area contributed by atoms with Crippen molar-refractivity contribution in [2.75, 3.05) is 0 Å². The maximum atomic E-state index is 2.37. The Morgan fingerprint density at radius 2 is 1.73 bits per heavy atom. The van der Waals surface area contributed by atoms with E-state index < -0.39 is 0 Å². The van der Waals surface area contributed by atoms with E-state index in [4.69, 9.17) is 0 Å². The van der Waals surface area contributed by atoms with Crippen molar-refractivity contribution in [2.45, 2.75) is 0 Å². The highest BCUT2D eigenvalue weighted by Crippen LogP contribution is 2.23. The summed E-state index contributed by atoms with van der Waals surface area (Å²) in [6.45, 7) is 0. The topological polar surface area (TPSA) is 3.88 Å². The Morgan fingerprint density at radius 1 is 1.00 bits per heavy atom. The lowest BCUT2D eigenvalue weighted by atomic mass is 10.1. The van der Waals surface area contributed by atoms with E-state index in [0.717, 1.165) is 0 Å². The minimum atomic E-state index is 1.24. The minimum Gasteiger partial charge on any atom is -0.136 e. The summed E-state index contributed by atoms with van der Waals surface area (Å²) in [6, 6.07) is 12.7. The first kappa shape index (κ1) is 12.0. The lowest BCUT2D eigenvalue weighted by Gasteiger charge is -2.01. The molecule has 0 amide bonds. The van der Waals surface area contributed by atoms with Crippen LogP contribution in [-0.4, -0.2) is 0 Å². The molecule has 0 spiro atoms. The molecule has 0 fully saturated rings. The summed E-state index contributed by atoms with van der Waals surface area (Å²) in [6.07, 6.45) is 2.08.